The molecular formula is C17H15N3O2. The molecular weight excluding hydrogens is 278 g/mol. The zero-order chi connectivity index (χ0) is 15.7. The molecule has 0 unspecified atom stereocenters. The van der Waals surface area contributed by atoms with Crippen LogP contribution in [0.25, 0.3) is 22.4 Å². The lowest BCUT2D eigenvalue weighted by atomic mass is 10.00. The number of nitrogens with zero attached hydrogens (tertiary/aromatic N) is 2. The second-order valence-corrected chi connectivity index (χ2v) is 5.15. The maximum Gasteiger partial charge on any atom is 0.328 e. The lowest BCUT2D eigenvalue weighted by Gasteiger charge is -2.11. The van der Waals surface area contributed by atoms with Gasteiger partial charge in [-0.3, -0.25) is 14.3 Å². The minimum atomic E-state index is -0.437. The van der Waals surface area contributed by atoms with Gasteiger partial charge in [0.1, 0.15) is 0 Å². The molecule has 1 aromatic carbocycles. The van der Waals surface area contributed by atoms with E-state index in [1.165, 1.54) is 7.05 Å². The second kappa shape index (κ2) is 5.44. The highest BCUT2D eigenvalue weighted by molar-refractivity contribution is 5.79. The topological polar surface area (TPSA) is 67.8 Å². The van der Waals surface area contributed by atoms with E-state index in [1.807, 2.05) is 31.2 Å². The van der Waals surface area contributed by atoms with Crippen molar-refractivity contribution in [1.29, 1.82) is 0 Å². The molecule has 0 aliphatic carbocycles. The van der Waals surface area contributed by atoms with E-state index in [0.29, 0.717) is 11.3 Å². The van der Waals surface area contributed by atoms with Crippen molar-refractivity contribution in [3.8, 4) is 22.4 Å². The van der Waals surface area contributed by atoms with Crippen LogP contribution in [0.3, 0.4) is 0 Å². The van der Waals surface area contributed by atoms with Gasteiger partial charge in [-0.15, -0.1) is 0 Å². The highest BCUT2D eigenvalue weighted by Gasteiger charge is 2.15. The molecule has 2 heterocycles. The van der Waals surface area contributed by atoms with Crippen molar-refractivity contribution in [2.24, 2.45) is 7.05 Å². The molecule has 2 aromatic heterocycles. The standard InChI is InChI=1S/C17H15N3O2/c1-11-4-3-5-13(10-11)14-15(12-6-8-18-9-7-12)19-17(22)20(2)16(14)21/h3-10H,1-2H3,(H,19,22). The Hall–Kier alpha value is -2.95. The summed E-state index contributed by atoms with van der Waals surface area (Å²) in [7, 11) is 1.47. The third-order valence-corrected chi connectivity index (χ3v) is 3.58. The Bertz CT molecular complexity index is 940. The number of rotatable bonds is 2. The molecule has 0 spiro atoms. The molecule has 0 aliphatic rings. The van der Waals surface area contributed by atoms with Crippen molar-refractivity contribution < 1.29 is 0 Å². The number of hydrogen-bond acceptors (Lipinski definition) is 3. The van der Waals surface area contributed by atoms with Gasteiger partial charge in [0.05, 0.1) is 11.3 Å². The first-order valence-electron chi connectivity index (χ1n) is 6.88. The van der Waals surface area contributed by atoms with Gasteiger partial charge in [-0.25, -0.2) is 4.79 Å². The van der Waals surface area contributed by atoms with Crippen LogP contribution in [0.2, 0.25) is 0 Å². The number of aromatic amines is 1. The summed E-state index contributed by atoms with van der Waals surface area (Å²) in [6.45, 7) is 1.96. The van der Waals surface area contributed by atoms with Gasteiger partial charge in [0.2, 0.25) is 0 Å². The first kappa shape index (κ1) is 14.0. The molecule has 22 heavy (non-hydrogen) atoms. The number of aryl methyl sites for hydroxylation is 1. The van der Waals surface area contributed by atoms with E-state index in [4.69, 9.17) is 0 Å². The van der Waals surface area contributed by atoms with Gasteiger partial charge >= 0.3 is 5.69 Å². The Balaban J connectivity index is 2.40. The molecule has 0 atom stereocenters. The van der Waals surface area contributed by atoms with Gasteiger partial charge in [0.25, 0.3) is 5.56 Å². The van der Waals surface area contributed by atoms with E-state index in [1.54, 1.807) is 24.5 Å². The lowest BCUT2D eigenvalue weighted by molar-refractivity contribution is 0.781. The fourth-order valence-electron chi connectivity index (χ4n) is 2.42. The van der Waals surface area contributed by atoms with Crippen LogP contribution in [0, 0.1) is 6.92 Å². The summed E-state index contributed by atoms with van der Waals surface area (Å²) in [5.74, 6) is 0. The van der Waals surface area contributed by atoms with Crippen molar-refractivity contribution in [3.63, 3.8) is 0 Å². The van der Waals surface area contributed by atoms with Crippen LogP contribution >= 0.6 is 0 Å². The fourth-order valence-corrected chi connectivity index (χ4v) is 2.42. The monoisotopic (exact) mass is 293 g/mol. The molecule has 0 bridgehead atoms. The predicted molar refractivity (Wildman–Crippen MR) is 85.7 cm³/mol. The molecule has 0 radical (unpaired) electrons. The van der Waals surface area contributed by atoms with E-state index in [9.17, 15) is 9.59 Å². The maximum atomic E-state index is 12.6. The van der Waals surface area contributed by atoms with Crippen LogP contribution in [0.1, 0.15) is 5.56 Å². The van der Waals surface area contributed by atoms with Gasteiger partial charge < -0.3 is 4.98 Å². The van der Waals surface area contributed by atoms with Crippen LogP contribution in [0.15, 0.2) is 58.4 Å². The molecule has 0 fully saturated rings. The molecule has 0 amide bonds. The SMILES string of the molecule is Cc1cccc(-c2c(-c3ccncc3)[nH]c(=O)n(C)c2=O)c1. The third-order valence-electron chi connectivity index (χ3n) is 3.58. The van der Waals surface area contributed by atoms with Gasteiger partial charge in [0.15, 0.2) is 0 Å². The molecule has 5 heteroatoms. The van der Waals surface area contributed by atoms with Crippen molar-refractivity contribution >= 4 is 0 Å². The zero-order valence-corrected chi connectivity index (χ0v) is 12.3. The maximum absolute atomic E-state index is 12.6. The first-order chi connectivity index (χ1) is 10.6. The van der Waals surface area contributed by atoms with Gasteiger partial charge in [0, 0.05) is 25.0 Å². The van der Waals surface area contributed by atoms with Crippen LogP contribution in [0.4, 0.5) is 0 Å². The Labute approximate surface area is 126 Å². The van der Waals surface area contributed by atoms with Gasteiger partial charge in [-0.2, -0.15) is 0 Å². The van der Waals surface area contributed by atoms with E-state index < -0.39 is 5.69 Å². The van der Waals surface area contributed by atoms with E-state index in [-0.39, 0.29) is 5.56 Å². The molecule has 3 aromatic rings. The number of hydrogen-bond donors (Lipinski definition) is 1. The Morgan fingerprint density at radius 3 is 2.45 bits per heavy atom. The molecule has 5 nitrogen and oxygen atoms in total. The Kier molecular flexibility index (Phi) is 3.47. The normalized spacial score (nSPS) is 10.6. The highest BCUT2D eigenvalue weighted by atomic mass is 16.2. The number of aromatic nitrogens is 3. The third kappa shape index (κ3) is 2.37. The van der Waals surface area contributed by atoms with E-state index in [0.717, 1.165) is 21.3 Å². The fraction of sp³-hybridized carbons (Fsp3) is 0.118. The molecule has 0 saturated heterocycles. The summed E-state index contributed by atoms with van der Waals surface area (Å²) in [5, 5.41) is 0. The number of nitrogens with one attached hydrogen (secondary N) is 1. The largest absolute Gasteiger partial charge is 0.328 e. The summed E-state index contributed by atoms with van der Waals surface area (Å²) in [4.78, 5) is 31.4. The van der Waals surface area contributed by atoms with Gasteiger partial charge in [-0.1, -0.05) is 29.8 Å². The van der Waals surface area contributed by atoms with E-state index in [2.05, 4.69) is 9.97 Å². The van der Waals surface area contributed by atoms with Crippen molar-refractivity contribution in [2.45, 2.75) is 6.92 Å². The molecule has 3 rings (SSSR count). The quantitative estimate of drug-likeness (QED) is 0.787. The Morgan fingerprint density at radius 1 is 1.05 bits per heavy atom. The average Bonchev–Trinajstić information content (AvgIpc) is 2.53. The summed E-state index contributed by atoms with van der Waals surface area (Å²) in [6.07, 6.45) is 3.26. The summed E-state index contributed by atoms with van der Waals surface area (Å²) >= 11 is 0. The summed E-state index contributed by atoms with van der Waals surface area (Å²) in [6, 6.07) is 11.2. The van der Waals surface area contributed by atoms with Crippen molar-refractivity contribution in [2.75, 3.05) is 0 Å². The average molecular weight is 293 g/mol. The highest BCUT2D eigenvalue weighted by Crippen LogP contribution is 2.26. The zero-order valence-electron chi connectivity index (χ0n) is 12.3. The van der Waals surface area contributed by atoms with E-state index >= 15 is 0 Å². The molecule has 1 N–H and O–H groups in total. The molecule has 0 saturated carbocycles. The summed E-state index contributed by atoms with van der Waals surface area (Å²) in [5.41, 5.74) is 2.82. The lowest BCUT2D eigenvalue weighted by Crippen LogP contribution is -2.34. The number of pyridine rings is 1. The smallest absolute Gasteiger partial charge is 0.306 e. The van der Waals surface area contributed by atoms with Crippen LogP contribution in [-0.4, -0.2) is 14.5 Å². The molecule has 110 valence electrons. The van der Waals surface area contributed by atoms with Crippen LogP contribution in [0.5, 0.6) is 0 Å². The number of H-pyrrole nitrogens is 1. The van der Waals surface area contributed by atoms with Crippen molar-refractivity contribution in [1.82, 2.24) is 14.5 Å². The second-order valence-electron chi connectivity index (χ2n) is 5.15. The first-order valence-corrected chi connectivity index (χ1v) is 6.88. The van der Waals surface area contributed by atoms with Crippen LogP contribution in [-0.2, 0) is 7.05 Å². The van der Waals surface area contributed by atoms with Crippen molar-refractivity contribution in [3.05, 3.63) is 75.2 Å². The summed E-state index contributed by atoms with van der Waals surface area (Å²) < 4.78 is 1.09. The minimum Gasteiger partial charge on any atom is -0.306 e. The van der Waals surface area contributed by atoms with Gasteiger partial charge in [-0.05, 0) is 24.6 Å². The minimum absolute atomic E-state index is 0.318. The number of benzene rings is 1. The van der Waals surface area contributed by atoms with Crippen LogP contribution < -0.4 is 11.2 Å². The molecule has 0 aliphatic heterocycles. The predicted octanol–water partition coefficient (Wildman–Crippen LogP) is 2.11. The Morgan fingerprint density at radius 2 is 1.77 bits per heavy atom.